The summed E-state index contributed by atoms with van der Waals surface area (Å²) in [6, 6.07) is 0. The molecule has 0 saturated heterocycles. The smallest absolute Gasteiger partial charge is 0.309 e. The molecule has 2 N–H and O–H groups in total. The summed E-state index contributed by atoms with van der Waals surface area (Å²) < 4.78 is 5.09. The van der Waals surface area contributed by atoms with Gasteiger partial charge in [-0.1, -0.05) is 6.42 Å². The molecule has 0 aliphatic carbocycles. The molecule has 0 heterocycles. The van der Waals surface area contributed by atoms with Gasteiger partial charge in [-0.25, -0.2) is 0 Å². The van der Waals surface area contributed by atoms with Crippen molar-refractivity contribution < 1.29 is 29.3 Å². The number of carbonyl (C=O) groups is 3. The summed E-state index contributed by atoms with van der Waals surface area (Å²) in [4.78, 5) is 33.4. The van der Waals surface area contributed by atoms with Gasteiger partial charge in [-0.15, -0.1) is 0 Å². The highest BCUT2D eigenvalue weighted by Gasteiger charge is 2.27. The van der Waals surface area contributed by atoms with Crippen molar-refractivity contribution >= 4 is 17.9 Å². The Morgan fingerprint density at radius 2 is 1.22 bits per heavy atom. The second-order valence-electron chi connectivity index (χ2n) is 7.26. The van der Waals surface area contributed by atoms with E-state index in [9.17, 15) is 14.4 Å². The zero-order valence-corrected chi connectivity index (χ0v) is 14.7. The van der Waals surface area contributed by atoms with E-state index in [1.807, 2.05) is 0 Å². The summed E-state index contributed by atoms with van der Waals surface area (Å²) in [5.74, 6) is -1.93. The molecule has 23 heavy (non-hydrogen) atoms. The maximum atomic E-state index is 11.5. The van der Waals surface area contributed by atoms with Crippen LogP contribution in [0.3, 0.4) is 0 Å². The van der Waals surface area contributed by atoms with Crippen molar-refractivity contribution in [1.29, 1.82) is 0 Å². The number of aliphatic carboxylic acids is 2. The van der Waals surface area contributed by atoms with Gasteiger partial charge in [-0.2, -0.15) is 0 Å². The molecule has 0 radical (unpaired) electrons. The van der Waals surface area contributed by atoms with E-state index in [1.54, 1.807) is 27.7 Å². The predicted octanol–water partition coefficient (Wildman–Crippen LogP) is 3.48. The van der Waals surface area contributed by atoms with Gasteiger partial charge >= 0.3 is 17.9 Å². The Hall–Kier alpha value is -1.59. The summed E-state index contributed by atoms with van der Waals surface area (Å²) in [6.07, 6.45) is 3.98. The first-order valence-electron chi connectivity index (χ1n) is 8.11. The fraction of sp³-hybridized carbons (Fsp3) is 0.824. The number of hydrogen-bond donors (Lipinski definition) is 2. The number of unbranched alkanes of at least 4 members (excludes halogenated alkanes) is 2. The second kappa shape index (κ2) is 9.53. The normalized spacial score (nSPS) is 12.0. The molecule has 0 amide bonds. The van der Waals surface area contributed by atoms with E-state index in [0.29, 0.717) is 45.1 Å². The summed E-state index contributed by atoms with van der Waals surface area (Å²) in [5, 5.41) is 18.0. The molecule has 0 saturated carbocycles. The minimum Gasteiger partial charge on any atom is -0.481 e. The van der Waals surface area contributed by atoms with E-state index in [2.05, 4.69) is 0 Å². The molecule has 0 aliphatic heterocycles. The first-order chi connectivity index (χ1) is 10.5. The van der Waals surface area contributed by atoms with Crippen molar-refractivity contribution in [3.05, 3.63) is 0 Å². The van der Waals surface area contributed by atoms with Crippen LogP contribution in [0.2, 0.25) is 0 Å². The zero-order chi connectivity index (χ0) is 18.1. The minimum atomic E-state index is -0.829. The molecule has 6 heteroatoms. The zero-order valence-electron chi connectivity index (χ0n) is 14.7. The quantitative estimate of drug-likeness (QED) is 0.419. The molecule has 0 aromatic carbocycles. The Morgan fingerprint density at radius 3 is 1.65 bits per heavy atom. The largest absolute Gasteiger partial charge is 0.481 e. The highest BCUT2D eigenvalue weighted by Crippen LogP contribution is 2.24. The Labute approximate surface area is 138 Å². The van der Waals surface area contributed by atoms with Crippen molar-refractivity contribution in [2.24, 2.45) is 10.8 Å². The van der Waals surface area contributed by atoms with Gasteiger partial charge in [0.1, 0.15) is 0 Å². The van der Waals surface area contributed by atoms with E-state index in [4.69, 9.17) is 14.9 Å². The SMILES string of the molecule is CC(C)(CCCCOC(=O)CCCCC(C)(C)C(=O)O)C(=O)O. The topological polar surface area (TPSA) is 101 Å². The Balaban J connectivity index is 3.70. The van der Waals surface area contributed by atoms with Gasteiger partial charge in [0, 0.05) is 6.42 Å². The van der Waals surface area contributed by atoms with Crippen LogP contribution in [0.15, 0.2) is 0 Å². The third-order valence-corrected chi connectivity index (χ3v) is 4.05. The Morgan fingerprint density at radius 1 is 0.783 bits per heavy atom. The second-order valence-corrected chi connectivity index (χ2v) is 7.26. The summed E-state index contributed by atoms with van der Waals surface area (Å²) >= 11 is 0. The van der Waals surface area contributed by atoms with Crippen molar-refractivity contribution in [3.8, 4) is 0 Å². The highest BCUT2D eigenvalue weighted by molar-refractivity contribution is 5.73. The van der Waals surface area contributed by atoms with E-state index in [-0.39, 0.29) is 12.4 Å². The third-order valence-electron chi connectivity index (χ3n) is 4.05. The van der Waals surface area contributed by atoms with Crippen LogP contribution in [0.5, 0.6) is 0 Å². The van der Waals surface area contributed by atoms with Crippen molar-refractivity contribution in [2.75, 3.05) is 6.61 Å². The molecule has 0 fully saturated rings. The van der Waals surface area contributed by atoms with Gasteiger partial charge in [0.25, 0.3) is 0 Å². The number of rotatable bonds is 12. The van der Waals surface area contributed by atoms with Crippen molar-refractivity contribution in [3.63, 3.8) is 0 Å². The molecule has 134 valence electrons. The lowest BCUT2D eigenvalue weighted by Gasteiger charge is -2.18. The Kier molecular flexibility index (Phi) is 8.87. The molecular weight excluding hydrogens is 300 g/mol. The first kappa shape index (κ1) is 21.4. The number of ether oxygens (including phenoxy) is 1. The fourth-order valence-electron chi connectivity index (χ4n) is 1.98. The lowest BCUT2D eigenvalue weighted by atomic mass is 9.87. The number of hydrogen-bond acceptors (Lipinski definition) is 4. The van der Waals surface area contributed by atoms with Crippen LogP contribution in [-0.2, 0) is 19.1 Å². The van der Waals surface area contributed by atoms with Crippen LogP contribution in [0.25, 0.3) is 0 Å². The first-order valence-corrected chi connectivity index (χ1v) is 8.11. The highest BCUT2D eigenvalue weighted by atomic mass is 16.5. The van der Waals surface area contributed by atoms with E-state index in [0.717, 1.165) is 0 Å². The Bertz CT molecular complexity index is 411. The molecule has 0 aliphatic rings. The summed E-state index contributed by atoms with van der Waals surface area (Å²) in [5.41, 5.74) is -1.51. The molecule has 0 bridgehead atoms. The molecule has 0 spiro atoms. The fourth-order valence-corrected chi connectivity index (χ4v) is 1.98. The standard InChI is InChI=1S/C17H30O6/c1-16(2,14(19)20)10-6-5-9-13(18)23-12-8-7-11-17(3,4)15(21)22/h5-12H2,1-4H3,(H,19,20)(H,21,22). The number of carboxylic acids is 2. The third kappa shape index (κ3) is 9.21. The predicted molar refractivity (Wildman–Crippen MR) is 86.1 cm³/mol. The summed E-state index contributed by atoms with van der Waals surface area (Å²) in [6.45, 7) is 7.01. The van der Waals surface area contributed by atoms with Gasteiger partial charge in [0.15, 0.2) is 0 Å². The van der Waals surface area contributed by atoms with Crippen LogP contribution < -0.4 is 0 Å². The van der Waals surface area contributed by atoms with Crippen molar-refractivity contribution in [2.45, 2.75) is 72.6 Å². The molecule has 0 aromatic rings. The van der Waals surface area contributed by atoms with Crippen LogP contribution >= 0.6 is 0 Å². The van der Waals surface area contributed by atoms with Gasteiger partial charge in [-0.3, -0.25) is 14.4 Å². The van der Waals surface area contributed by atoms with E-state index < -0.39 is 22.8 Å². The minimum absolute atomic E-state index is 0.282. The molecule has 0 aromatic heterocycles. The average Bonchev–Trinajstić information content (AvgIpc) is 2.42. The lowest BCUT2D eigenvalue weighted by molar-refractivity contribution is -0.148. The van der Waals surface area contributed by atoms with Crippen LogP contribution in [0.1, 0.15) is 72.6 Å². The molecular formula is C17H30O6. The van der Waals surface area contributed by atoms with Gasteiger partial charge in [0.2, 0.25) is 0 Å². The van der Waals surface area contributed by atoms with E-state index >= 15 is 0 Å². The van der Waals surface area contributed by atoms with Gasteiger partial charge < -0.3 is 14.9 Å². The van der Waals surface area contributed by atoms with Crippen LogP contribution in [-0.4, -0.2) is 34.7 Å². The number of carboxylic acid groups (broad SMARTS) is 2. The van der Waals surface area contributed by atoms with Crippen LogP contribution in [0, 0.1) is 10.8 Å². The van der Waals surface area contributed by atoms with Crippen molar-refractivity contribution in [1.82, 2.24) is 0 Å². The van der Waals surface area contributed by atoms with Crippen LogP contribution in [0.4, 0.5) is 0 Å². The molecule has 0 unspecified atom stereocenters. The molecule has 0 rings (SSSR count). The van der Waals surface area contributed by atoms with E-state index in [1.165, 1.54) is 0 Å². The summed E-state index contributed by atoms with van der Waals surface area (Å²) in [7, 11) is 0. The molecule has 0 atom stereocenters. The van der Waals surface area contributed by atoms with Gasteiger partial charge in [0.05, 0.1) is 17.4 Å². The average molecular weight is 330 g/mol. The van der Waals surface area contributed by atoms with Gasteiger partial charge in [-0.05, 0) is 59.8 Å². The number of esters is 1. The maximum absolute atomic E-state index is 11.5. The molecule has 6 nitrogen and oxygen atoms in total. The maximum Gasteiger partial charge on any atom is 0.309 e. The monoisotopic (exact) mass is 330 g/mol. The number of carbonyl (C=O) groups excluding carboxylic acids is 1. The lowest BCUT2D eigenvalue weighted by Crippen LogP contribution is -2.23.